The fourth-order valence-electron chi connectivity index (χ4n) is 2.59. The Hall–Kier alpha value is -2.02. The van der Waals surface area contributed by atoms with Crippen molar-refractivity contribution in [1.29, 1.82) is 0 Å². The number of carbonyl (C=O) groups is 1. The van der Waals surface area contributed by atoms with Gasteiger partial charge in [-0.1, -0.05) is 22.0 Å². The maximum Gasteiger partial charge on any atom is 0.416 e. The van der Waals surface area contributed by atoms with E-state index in [1.54, 1.807) is 6.07 Å². The van der Waals surface area contributed by atoms with Crippen molar-refractivity contribution in [3.63, 3.8) is 0 Å². The summed E-state index contributed by atoms with van der Waals surface area (Å²) in [6, 6.07) is 9.54. The second-order valence-electron chi connectivity index (χ2n) is 5.42. The van der Waals surface area contributed by atoms with E-state index < -0.39 is 17.6 Å². The molecule has 0 aliphatic carbocycles. The highest BCUT2D eigenvalue weighted by atomic mass is 79.9. The van der Waals surface area contributed by atoms with E-state index in [1.165, 1.54) is 12.1 Å². The van der Waals surface area contributed by atoms with Gasteiger partial charge in [-0.15, -0.1) is 0 Å². The van der Waals surface area contributed by atoms with Crippen LogP contribution < -0.4 is 10.1 Å². The summed E-state index contributed by atoms with van der Waals surface area (Å²) in [5, 5.41) is 2.79. The molecule has 0 fully saturated rings. The van der Waals surface area contributed by atoms with E-state index in [9.17, 15) is 18.0 Å². The third-order valence-corrected chi connectivity index (χ3v) is 4.26. The molecule has 0 spiro atoms. The molecule has 0 saturated heterocycles. The molecule has 0 bridgehead atoms. The Morgan fingerprint density at radius 3 is 2.75 bits per heavy atom. The van der Waals surface area contributed by atoms with Crippen molar-refractivity contribution >= 4 is 21.8 Å². The number of amides is 1. The number of hydrogen-bond donors (Lipinski definition) is 1. The van der Waals surface area contributed by atoms with Crippen LogP contribution in [0.4, 0.5) is 13.2 Å². The molecule has 0 saturated carbocycles. The highest BCUT2D eigenvalue weighted by molar-refractivity contribution is 9.10. The summed E-state index contributed by atoms with van der Waals surface area (Å²) < 4.78 is 44.7. The van der Waals surface area contributed by atoms with Crippen LogP contribution >= 0.6 is 15.9 Å². The molecule has 7 heteroatoms. The Kier molecular flexibility index (Phi) is 4.54. The van der Waals surface area contributed by atoms with Gasteiger partial charge in [0.2, 0.25) is 0 Å². The summed E-state index contributed by atoms with van der Waals surface area (Å²) in [4.78, 5) is 12.4. The Morgan fingerprint density at radius 1 is 1.21 bits per heavy atom. The number of hydrogen-bond acceptors (Lipinski definition) is 2. The number of halogens is 4. The van der Waals surface area contributed by atoms with Crippen LogP contribution in [0.15, 0.2) is 46.9 Å². The van der Waals surface area contributed by atoms with Crippen molar-refractivity contribution in [3.05, 3.63) is 63.6 Å². The summed E-state index contributed by atoms with van der Waals surface area (Å²) in [6.07, 6.45) is -3.93. The lowest BCUT2D eigenvalue weighted by Crippen LogP contribution is -2.32. The Bertz CT molecular complexity index is 777. The smallest absolute Gasteiger partial charge is 0.416 e. The van der Waals surface area contributed by atoms with Crippen LogP contribution in [-0.2, 0) is 6.18 Å². The first-order valence-corrected chi connectivity index (χ1v) is 8.04. The van der Waals surface area contributed by atoms with Gasteiger partial charge in [0, 0.05) is 22.0 Å². The van der Waals surface area contributed by atoms with Crippen molar-refractivity contribution in [2.45, 2.75) is 18.6 Å². The van der Waals surface area contributed by atoms with Gasteiger partial charge in [-0.05, 0) is 36.4 Å². The van der Waals surface area contributed by atoms with Crippen LogP contribution in [-0.4, -0.2) is 12.5 Å². The Morgan fingerprint density at radius 2 is 2.00 bits per heavy atom. The molecule has 3 rings (SSSR count). The molecule has 1 unspecified atom stereocenters. The van der Waals surface area contributed by atoms with E-state index in [-0.39, 0.29) is 11.6 Å². The summed E-state index contributed by atoms with van der Waals surface area (Å²) in [5.74, 6) is 0.123. The molecule has 1 amide bonds. The lowest BCUT2D eigenvalue weighted by Gasteiger charge is -2.27. The van der Waals surface area contributed by atoms with Gasteiger partial charge in [-0.2, -0.15) is 13.2 Å². The van der Waals surface area contributed by atoms with Gasteiger partial charge in [-0.3, -0.25) is 4.79 Å². The molecule has 126 valence electrons. The molecule has 2 aromatic rings. The molecule has 2 aromatic carbocycles. The zero-order valence-electron chi connectivity index (χ0n) is 12.4. The van der Waals surface area contributed by atoms with E-state index in [0.717, 1.165) is 22.2 Å². The normalized spacial score (nSPS) is 16.9. The van der Waals surface area contributed by atoms with Crippen molar-refractivity contribution in [2.75, 3.05) is 6.61 Å². The minimum Gasteiger partial charge on any atom is -0.493 e. The highest BCUT2D eigenvalue weighted by Gasteiger charge is 2.31. The maximum absolute atomic E-state index is 12.8. The summed E-state index contributed by atoms with van der Waals surface area (Å²) >= 11 is 3.37. The number of nitrogens with one attached hydrogen (secondary N) is 1. The zero-order valence-corrected chi connectivity index (χ0v) is 13.9. The lowest BCUT2D eigenvalue weighted by atomic mass is 10.00. The average Bonchev–Trinajstić information content (AvgIpc) is 2.55. The van der Waals surface area contributed by atoms with Crippen molar-refractivity contribution in [2.24, 2.45) is 0 Å². The average molecular weight is 400 g/mol. The second kappa shape index (κ2) is 6.47. The maximum atomic E-state index is 12.8. The van der Waals surface area contributed by atoms with Crippen molar-refractivity contribution in [3.8, 4) is 5.75 Å². The van der Waals surface area contributed by atoms with Crippen LogP contribution in [0.1, 0.15) is 33.9 Å². The van der Waals surface area contributed by atoms with Crippen LogP contribution in [0, 0.1) is 0 Å². The molecule has 0 aromatic heterocycles. The molecule has 1 N–H and O–H groups in total. The molecule has 24 heavy (non-hydrogen) atoms. The van der Waals surface area contributed by atoms with Gasteiger partial charge >= 0.3 is 6.18 Å². The van der Waals surface area contributed by atoms with Crippen LogP contribution in [0.3, 0.4) is 0 Å². The van der Waals surface area contributed by atoms with Crippen LogP contribution in [0.25, 0.3) is 0 Å². The Labute approximate surface area is 144 Å². The summed E-state index contributed by atoms with van der Waals surface area (Å²) in [5.41, 5.74) is -0.0610. The number of benzene rings is 2. The number of carbonyl (C=O) groups excluding carboxylic acids is 1. The third kappa shape index (κ3) is 3.56. The minimum absolute atomic E-state index is 0.0205. The molecule has 1 heterocycles. The predicted molar refractivity (Wildman–Crippen MR) is 85.9 cm³/mol. The first-order chi connectivity index (χ1) is 11.3. The number of fused-ring (bicyclic) bond motifs is 1. The third-order valence-electron chi connectivity index (χ3n) is 3.77. The van der Waals surface area contributed by atoms with Gasteiger partial charge in [0.15, 0.2) is 0 Å². The summed E-state index contributed by atoms with van der Waals surface area (Å²) in [7, 11) is 0. The van der Waals surface area contributed by atoms with Gasteiger partial charge in [-0.25, -0.2) is 0 Å². The van der Waals surface area contributed by atoms with E-state index in [4.69, 9.17) is 4.74 Å². The zero-order chi connectivity index (χ0) is 17.3. The van der Waals surface area contributed by atoms with Gasteiger partial charge in [0.05, 0.1) is 18.2 Å². The first-order valence-electron chi connectivity index (χ1n) is 7.25. The topological polar surface area (TPSA) is 38.3 Å². The SMILES string of the molecule is O=C(NC1CCOc2ccc(Br)cc21)c1cccc(C(F)(F)F)c1. The van der Waals surface area contributed by atoms with Gasteiger partial charge in [0.1, 0.15) is 5.75 Å². The van der Waals surface area contributed by atoms with Crippen molar-refractivity contribution in [1.82, 2.24) is 5.32 Å². The largest absolute Gasteiger partial charge is 0.493 e. The molecular formula is C17H13BrF3NO2. The monoisotopic (exact) mass is 399 g/mol. The molecular weight excluding hydrogens is 387 g/mol. The van der Waals surface area contributed by atoms with Crippen molar-refractivity contribution < 1.29 is 22.7 Å². The second-order valence-corrected chi connectivity index (χ2v) is 6.34. The van der Waals surface area contributed by atoms with E-state index >= 15 is 0 Å². The van der Waals surface area contributed by atoms with Gasteiger partial charge in [0.25, 0.3) is 5.91 Å². The quantitative estimate of drug-likeness (QED) is 0.793. The fraction of sp³-hybridized carbons (Fsp3) is 0.235. The lowest BCUT2D eigenvalue weighted by molar-refractivity contribution is -0.137. The van der Waals surface area contributed by atoms with Crippen LogP contribution in [0.5, 0.6) is 5.75 Å². The summed E-state index contributed by atoms with van der Waals surface area (Å²) in [6.45, 7) is 0.433. The van der Waals surface area contributed by atoms with E-state index in [2.05, 4.69) is 21.2 Å². The predicted octanol–water partition coefficient (Wildman–Crippen LogP) is 4.72. The van der Waals surface area contributed by atoms with Gasteiger partial charge < -0.3 is 10.1 Å². The van der Waals surface area contributed by atoms with E-state index in [0.29, 0.717) is 18.8 Å². The molecule has 3 nitrogen and oxygen atoms in total. The minimum atomic E-state index is -4.48. The fourth-order valence-corrected chi connectivity index (χ4v) is 2.97. The number of rotatable bonds is 2. The highest BCUT2D eigenvalue weighted by Crippen LogP contribution is 2.34. The Balaban J connectivity index is 1.83. The van der Waals surface area contributed by atoms with E-state index in [1.807, 2.05) is 12.1 Å². The molecule has 1 aliphatic rings. The molecule has 1 atom stereocenters. The number of alkyl halides is 3. The molecule has 1 aliphatic heterocycles. The van der Waals surface area contributed by atoms with Crippen LogP contribution in [0.2, 0.25) is 0 Å². The number of ether oxygens (including phenoxy) is 1. The first kappa shape index (κ1) is 16.8. The standard InChI is InChI=1S/C17H13BrF3NO2/c18-12-4-5-15-13(9-12)14(6-7-24-15)22-16(23)10-2-1-3-11(8-10)17(19,20)21/h1-5,8-9,14H,6-7H2,(H,22,23). The molecule has 0 radical (unpaired) electrons.